The molecule has 0 fully saturated rings. The minimum atomic E-state index is -0.991. The number of hydrogen-bond acceptors (Lipinski definition) is 3. The maximum atomic E-state index is 10.8. The highest BCUT2D eigenvalue weighted by Crippen LogP contribution is 2.39. The highest BCUT2D eigenvalue weighted by Gasteiger charge is 2.18. The van der Waals surface area contributed by atoms with E-state index in [4.69, 9.17) is 27.9 Å². The van der Waals surface area contributed by atoms with Crippen molar-refractivity contribution < 1.29 is 9.90 Å². The molecule has 4 N–H and O–H groups in total. The second-order valence-electron chi connectivity index (χ2n) is 6.94. The Morgan fingerprint density at radius 3 is 2.29 bits per heavy atom. The number of nitrogens with one attached hydrogen (secondary N) is 1. The molecule has 4 nitrogen and oxygen atoms in total. The summed E-state index contributed by atoms with van der Waals surface area (Å²) in [7, 11) is 0. The molecule has 3 aromatic carbocycles. The van der Waals surface area contributed by atoms with Crippen LogP contribution in [0, 0.1) is 5.41 Å². The molecule has 5 heteroatoms. The zero-order valence-corrected chi connectivity index (χ0v) is 17.9. The van der Waals surface area contributed by atoms with E-state index in [1.165, 1.54) is 6.21 Å². The van der Waals surface area contributed by atoms with E-state index in [0.29, 0.717) is 16.3 Å². The normalized spacial score (nSPS) is 11.9. The van der Waals surface area contributed by atoms with Crippen LogP contribution in [0.2, 0.25) is 5.02 Å². The van der Waals surface area contributed by atoms with Crippen molar-refractivity contribution in [3.8, 4) is 0 Å². The van der Waals surface area contributed by atoms with Crippen molar-refractivity contribution in [1.82, 2.24) is 0 Å². The standard InChI is InChI=1S/C26H23ClN2O2/c1-2-20(18-6-4-3-5-7-18)25(21-13-14-23(29)22(16-28)26(21)27)19-11-8-17(9-12-19)10-15-24(30)31/h3-16,28H,2,29H2,1H3,(H,30,31)/b15-10+,25-20+,28-16?. The van der Waals surface area contributed by atoms with Gasteiger partial charge in [0.2, 0.25) is 0 Å². The Morgan fingerprint density at radius 2 is 1.71 bits per heavy atom. The SMILES string of the molecule is CC/C(=C(/c1ccc(/C=C/C(=O)O)cc1)c1ccc(N)c(C=N)c1Cl)c1ccccc1. The Kier molecular flexibility index (Phi) is 7.06. The first-order valence-corrected chi connectivity index (χ1v) is 10.2. The van der Waals surface area contributed by atoms with E-state index < -0.39 is 5.97 Å². The molecule has 0 bridgehead atoms. The average Bonchev–Trinajstić information content (AvgIpc) is 2.78. The van der Waals surface area contributed by atoms with Crippen LogP contribution in [0.3, 0.4) is 0 Å². The number of allylic oxidation sites excluding steroid dienone is 1. The summed E-state index contributed by atoms with van der Waals surface area (Å²) in [6, 6.07) is 21.4. The number of hydrogen-bond donors (Lipinski definition) is 3. The van der Waals surface area contributed by atoms with Crippen molar-refractivity contribution in [2.45, 2.75) is 13.3 Å². The summed E-state index contributed by atoms with van der Waals surface area (Å²) in [4.78, 5) is 10.8. The van der Waals surface area contributed by atoms with Gasteiger partial charge in [-0.15, -0.1) is 0 Å². The Morgan fingerprint density at radius 1 is 1.03 bits per heavy atom. The molecular weight excluding hydrogens is 408 g/mol. The summed E-state index contributed by atoms with van der Waals surface area (Å²) in [5.41, 5.74) is 12.6. The fourth-order valence-corrected chi connectivity index (χ4v) is 3.85. The molecule has 0 atom stereocenters. The molecule has 0 saturated carbocycles. The third kappa shape index (κ3) is 4.93. The Bertz CT molecular complexity index is 1160. The van der Waals surface area contributed by atoms with E-state index in [1.54, 1.807) is 12.1 Å². The number of nitrogens with two attached hydrogens (primary N) is 1. The van der Waals surface area contributed by atoms with Gasteiger partial charge in [-0.3, -0.25) is 0 Å². The molecule has 31 heavy (non-hydrogen) atoms. The molecule has 0 aliphatic carbocycles. The van der Waals surface area contributed by atoms with Crippen LogP contribution in [0.4, 0.5) is 5.69 Å². The topological polar surface area (TPSA) is 87.2 Å². The molecule has 0 saturated heterocycles. The second kappa shape index (κ2) is 9.92. The lowest BCUT2D eigenvalue weighted by Gasteiger charge is -2.19. The van der Waals surface area contributed by atoms with Gasteiger partial charge in [-0.05, 0) is 46.4 Å². The zero-order chi connectivity index (χ0) is 22.4. The fourth-order valence-electron chi connectivity index (χ4n) is 3.53. The van der Waals surface area contributed by atoms with Gasteiger partial charge < -0.3 is 16.2 Å². The predicted molar refractivity (Wildman–Crippen MR) is 130 cm³/mol. The number of carboxylic acids is 1. The van der Waals surface area contributed by atoms with Gasteiger partial charge in [0.15, 0.2) is 0 Å². The molecular formula is C26H23ClN2O2. The Balaban J connectivity index is 2.27. The van der Waals surface area contributed by atoms with E-state index in [9.17, 15) is 4.79 Å². The molecule has 0 spiro atoms. The van der Waals surface area contributed by atoms with Crippen molar-refractivity contribution in [2.75, 3.05) is 5.73 Å². The Hall–Kier alpha value is -3.63. The van der Waals surface area contributed by atoms with Crippen LogP contribution >= 0.6 is 11.6 Å². The van der Waals surface area contributed by atoms with Crippen molar-refractivity contribution in [3.05, 3.63) is 106 Å². The van der Waals surface area contributed by atoms with Gasteiger partial charge in [-0.25, -0.2) is 4.79 Å². The molecule has 0 aromatic heterocycles. The van der Waals surface area contributed by atoms with Gasteiger partial charge >= 0.3 is 5.97 Å². The first-order chi connectivity index (χ1) is 15.0. The molecule has 0 aliphatic heterocycles. The molecule has 156 valence electrons. The van der Waals surface area contributed by atoms with Crippen LogP contribution < -0.4 is 5.73 Å². The van der Waals surface area contributed by atoms with E-state index in [1.807, 2.05) is 48.5 Å². The monoisotopic (exact) mass is 430 g/mol. The number of nitrogen functional groups attached to an aromatic ring is 1. The predicted octanol–water partition coefficient (Wildman–Crippen LogP) is 6.39. The van der Waals surface area contributed by atoms with Crippen molar-refractivity contribution in [2.24, 2.45) is 0 Å². The lowest BCUT2D eigenvalue weighted by Crippen LogP contribution is -2.01. The molecule has 0 radical (unpaired) electrons. The van der Waals surface area contributed by atoms with Crippen molar-refractivity contribution >= 4 is 46.7 Å². The third-order valence-corrected chi connectivity index (χ3v) is 5.43. The van der Waals surface area contributed by atoms with Crippen LogP contribution in [-0.4, -0.2) is 17.3 Å². The van der Waals surface area contributed by atoms with Crippen LogP contribution in [-0.2, 0) is 4.79 Å². The zero-order valence-electron chi connectivity index (χ0n) is 17.1. The summed E-state index contributed by atoms with van der Waals surface area (Å²) in [5, 5.41) is 17.0. The smallest absolute Gasteiger partial charge is 0.328 e. The minimum absolute atomic E-state index is 0.432. The van der Waals surface area contributed by atoms with Crippen LogP contribution in [0.15, 0.2) is 72.8 Å². The van der Waals surface area contributed by atoms with Gasteiger partial charge in [0.25, 0.3) is 0 Å². The minimum Gasteiger partial charge on any atom is -0.478 e. The number of halogens is 1. The first kappa shape index (κ1) is 22.1. The maximum absolute atomic E-state index is 10.8. The fraction of sp³-hybridized carbons (Fsp3) is 0.0769. The van der Waals surface area contributed by atoms with E-state index >= 15 is 0 Å². The van der Waals surface area contributed by atoms with Gasteiger partial charge in [0, 0.05) is 29.1 Å². The highest BCUT2D eigenvalue weighted by atomic mass is 35.5. The van der Waals surface area contributed by atoms with E-state index in [-0.39, 0.29) is 0 Å². The number of benzene rings is 3. The first-order valence-electron chi connectivity index (χ1n) is 9.85. The molecule has 3 rings (SSSR count). The summed E-state index contributed by atoms with van der Waals surface area (Å²) < 4.78 is 0. The lowest BCUT2D eigenvalue weighted by atomic mass is 9.87. The van der Waals surface area contributed by atoms with E-state index in [0.717, 1.165) is 45.9 Å². The van der Waals surface area contributed by atoms with Gasteiger partial charge in [0.1, 0.15) is 0 Å². The summed E-state index contributed by atoms with van der Waals surface area (Å²) in [6.07, 6.45) is 4.60. The van der Waals surface area contributed by atoms with Gasteiger partial charge in [-0.2, -0.15) is 0 Å². The van der Waals surface area contributed by atoms with Crippen molar-refractivity contribution in [1.29, 1.82) is 5.41 Å². The summed E-state index contributed by atoms with van der Waals surface area (Å²) >= 11 is 6.72. The van der Waals surface area contributed by atoms with Crippen LogP contribution in [0.5, 0.6) is 0 Å². The van der Waals surface area contributed by atoms with Gasteiger partial charge in [-0.1, -0.05) is 79.2 Å². The highest BCUT2D eigenvalue weighted by molar-refractivity contribution is 6.36. The van der Waals surface area contributed by atoms with Gasteiger partial charge in [0.05, 0.1) is 5.02 Å². The number of aliphatic carboxylic acids is 1. The lowest BCUT2D eigenvalue weighted by molar-refractivity contribution is -0.131. The summed E-state index contributed by atoms with van der Waals surface area (Å²) in [5.74, 6) is -0.991. The number of carboxylic acid groups (broad SMARTS) is 1. The van der Waals surface area contributed by atoms with Crippen LogP contribution in [0.25, 0.3) is 17.2 Å². The summed E-state index contributed by atoms with van der Waals surface area (Å²) in [6.45, 7) is 2.09. The van der Waals surface area contributed by atoms with E-state index in [2.05, 4.69) is 19.1 Å². The number of anilines is 1. The van der Waals surface area contributed by atoms with Crippen molar-refractivity contribution in [3.63, 3.8) is 0 Å². The molecule has 3 aromatic rings. The number of carbonyl (C=O) groups is 1. The van der Waals surface area contributed by atoms with Crippen LogP contribution in [0.1, 0.15) is 41.2 Å². The maximum Gasteiger partial charge on any atom is 0.328 e. The molecule has 0 unspecified atom stereocenters. The molecule has 0 amide bonds. The Labute approximate surface area is 186 Å². The third-order valence-electron chi connectivity index (χ3n) is 5.02. The molecule has 0 aliphatic rings. The largest absolute Gasteiger partial charge is 0.478 e. The molecule has 0 heterocycles. The average molecular weight is 431 g/mol. The quantitative estimate of drug-likeness (QED) is 0.176. The second-order valence-corrected chi connectivity index (χ2v) is 7.32. The number of rotatable bonds is 7.